The molecule has 26 heavy (non-hydrogen) atoms. The fourth-order valence-corrected chi connectivity index (χ4v) is 4.03. The minimum absolute atomic E-state index is 0.145. The summed E-state index contributed by atoms with van der Waals surface area (Å²) in [5.74, 6) is 1.18. The number of ether oxygens (including phenoxy) is 1. The van der Waals surface area contributed by atoms with Gasteiger partial charge in [0.1, 0.15) is 5.75 Å². The van der Waals surface area contributed by atoms with Gasteiger partial charge in [-0.25, -0.2) is 0 Å². The molecule has 0 spiro atoms. The summed E-state index contributed by atoms with van der Waals surface area (Å²) in [5.41, 5.74) is 3.45. The van der Waals surface area contributed by atoms with Crippen LogP contribution in [0.15, 0.2) is 47.4 Å². The van der Waals surface area contributed by atoms with Gasteiger partial charge in [0.2, 0.25) is 0 Å². The number of hydrogen-bond donors (Lipinski definition) is 0. The van der Waals surface area contributed by atoms with Crippen molar-refractivity contribution in [2.24, 2.45) is 0 Å². The van der Waals surface area contributed by atoms with Crippen LogP contribution in [0.4, 0.5) is 0 Å². The SMILES string of the molecule is CSc1ccc(C(=O)N2CCN(Cc3ccc4c(c3)CCO4)CC2)cc1. The molecule has 0 aliphatic carbocycles. The average Bonchev–Trinajstić information content (AvgIpc) is 3.16. The van der Waals surface area contributed by atoms with Crippen molar-refractivity contribution in [2.75, 3.05) is 39.0 Å². The third-order valence-electron chi connectivity index (χ3n) is 5.16. The summed E-state index contributed by atoms with van der Waals surface area (Å²) < 4.78 is 5.58. The zero-order valence-electron chi connectivity index (χ0n) is 15.1. The second-order valence-corrected chi connectivity index (χ2v) is 7.72. The molecule has 0 unspecified atom stereocenters. The van der Waals surface area contributed by atoms with Crippen molar-refractivity contribution < 1.29 is 9.53 Å². The molecule has 2 aromatic carbocycles. The number of hydrogen-bond acceptors (Lipinski definition) is 4. The van der Waals surface area contributed by atoms with Crippen molar-refractivity contribution in [3.63, 3.8) is 0 Å². The van der Waals surface area contributed by atoms with Gasteiger partial charge in [0.15, 0.2) is 0 Å². The maximum Gasteiger partial charge on any atom is 0.253 e. The molecule has 0 atom stereocenters. The van der Waals surface area contributed by atoms with Crippen molar-refractivity contribution in [3.8, 4) is 5.75 Å². The highest BCUT2D eigenvalue weighted by atomic mass is 32.2. The van der Waals surface area contributed by atoms with Gasteiger partial charge in [-0.05, 0) is 47.7 Å². The van der Waals surface area contributed by atoms with E-state index in [1.165, 1.54) is 16.0 Å². The first-order valence-electron chi connectivity index (χ1n) is 9.13. The second-order valence-electron chi connectivity index (χ2n) is 6.84. The van der Waals surface area contributed by atoms with Crippen molar-refractivity contribution in [2.45, 2.75) is 17.9 Å². The Morgan fingerprint density at radius 1 is 1.08 bits per heavy atom. The third kappa shape index (κ3) is 3.74. The van der Waals surface area contributed by atoms with Crippen LogP contribution in [0.5, 0.6) is 5.75 Å². The molecule has 2 aromatic rings. The van der Waals surface area contributed by atoms with E-state index in [1.807, 2.05) is 35.4 Å². The van der Waals surface area contributed by atoms with Gasteiger partial charge in [-0.15, -0.1) is 11.8 Å². The summed E-state index contributed by atoms with van der Waals surface area (Å²) in [6, 6.07) is 14.4. The molecule has 5 heteroatoms. The zero-order chi connectivity index (χ0) is 17.9. The Morgan fingerprint density at radius 3 is 2.58 bits per heavy atom. The van der Waals surface area contributed by atoms with E-state index in [-0.39, 0.29) is 5.91 Å². The van der Waals surface area contributed by atoms with Crippen molar-refractivity contribution in [1.29, 1.82) is 0 Å². The highest BCUT2D eigenvalue weighted by molar-refractivity contribution is 7.98. The minimum atomic E-state index is 0.145. The molecule has 2 heterocycles. The Hall–Kier alpha value is -1.98. The van der Waals surface area contributed by atoms with Gasteiger partial charge >= 0.3 is 0 Å². The monoisotopic (exact) mass is 368 g/mol. The lowest BCUT2D eigenvalue weighted by molar-refractivity contribution is 0.0628. The largest absolute Gasteiger partial charge is 0.493 e. The number of thioether (sulfide) groups is 1. The van der Waals surface area contributed by atoms with Crippen molar-refractivity contribution in [1.82, 2.24) is 9.80 Å². The molecule has 0 saturated carbocycles. The van der Waals surface area contributed by atoms with E-state index in [9.17, 15) is 4.79 Å². The van der Waals surface area contributed by atoms with E-state index in [1.54, 1.807) is 11.8 Å². The Morgan fingerprint density at radius 2 is 1.85 bits per heavy atom. The van der Waals surface area contributed by atoms with Crippen LogP contribution >= 0.6 is 11.8 Å². The maximum absolute atomic E-state index is 12.7. The maximum atomic E-state index is 12.7. The molecule has 0 N–H and O–H groups in total. The van der Waals surface area contributed by atoms with E-state index in [0.29, 0.717) is 0 Å². The van der Waals surface area contributed by atoms with Crippen LogP contribution < -0.4 is 4.74 Å². The number of carbonyl (C=O) groups excluding carboxylic acids is 1. The Kier molecular flexibility index (Phi) is 5.18. The molecule has 0 bridgehead atoms. The molecule has 4 rings (SSSR count). The van der Waals surface area contributed by atoms with E-state index in [4.69, 9.17) is 4.74 Å². The lowest BCUT2D eigenvalue weighted by atomic mass is 10.1. The highest BCUT2D eigenvalue weighted by Crippen LogP contribution is 2.26. The normalized spacial score (nSPS) is 17.0. The molecule has 2 aliphatic heterocycles. The molecule has 136 valence electrons. The molecule has 4 nitrogen and oxygen atoms in total. The number of benzene rings is 2. The molecule has 1 saturated heterocycles. The van der Waals surface area contributed by atoms with Gasteiger partial charge in [-0.2, -0.15) is 0 Å². The van der Waals surface area contributed by atoms with E-state index in [2.05, 4.69) is 23.1 Å². The second kappa shape index (κ2) is 7.72. The standard InChI is InChI=1S/C21H24N2O2S/c1-26-19-5-3-17(4-6-19)21(24)23-11-9-22(10-12-23)15-16-2-7-20-18(14-16)8-13-25-20/h2-7,14H,8-13,15H2,1H3. The first-order chi connectivity index (χ1) is 12.7. The number of carbonyl (C=O) groups is 1. The van der Waals surface area contributed by atoms with Crippen LogP contribution in [0.25, 0.3) is 0 Å². The Bertz CT molecular complexity index is 783. The van der Waals surface area contributed by atoms with Gasteiger partial charge < -0.3 is 9.64 Å². The topological polar surface area (TPSA) is 32.8 Å². The fourth-order valence-electron chi connectivity index (χ4n) is 3.62. The van der Waals surface area contributed by atoms with Gasteiger partial charge in [-0.1, -0.05) is 12.1 Å². The predicted octanol–water partition coefficient (Wildman–Crippen LogP) is 3.30. The van der Waals surface area contributed by atoms with Crippen LogP contribution in [0.1, 0.15) is 21.5 Å². The molecule has 1 amide bonds. The zero-order valence-corrected chi connectivity index (χ0v) is 15.9. The van der Waals surface area contributed by atoms with Crippen LogP contribution in [-0.4, -0.2) is 54.7 Å². The van der Waals surface area contributed by atoms with Crippen molar-refractivity contribution in [3.05, 3.63) is 59.2 Å². The summed E-state index contributed by atoms with van der Waals surface area (Å²) in [7, 11) is 0. The van der Waals surface area contributed by atoms with E-state index < -0.39 is 0 Å². The summed E-state index contributed by atoms with van der Waals surface area (Å²) >= 11 is 1.69. The van der Waals surface area contributed by atoms with Gasteiger partial charge in [-0.3, -0.25) is 9.69 Å². The molecule has 0 aromatic heterocycles. The van der Waals surface area contributed by atoms with Crippen LogP contribution in [0.3, 0.4) is 0 Å². The first kappa shape index (κ1) is 17.4. The number of amides is 1. The number of rotatable bonds is 4. The minimum Gasteiger partial charge on any atom is -0.493 e. The first-order valence-corrected chi connectivity index (χ1v) is 10.4. The van der Waals surface area contributed by atoms with Crippen molar-refractivity contribution >= 4 is 17.7 Å². The quantitative estimate of drug-likeness (QED) is 0.775. The lowest BCUT2D eigenvalue weighted by Crippen LogP contribution is -2.48. The van der Waals surface area contributed by atoms with E-state index >= 15 is 0 Å². The summed E-state index contributed by atoms with van der Waals surface area (Å²) in [4.78, 5) is 18.3. The molecule has 2 aliphatic rings. The summed E-state index contributed by atoms with van der Waals surface area (Å²) in [5, 5.41) is 0. The summed E-state index contributed by atoms with van der Waals surface area (Å²) in [6.07, 6.45) is 3.06. The van der Waals surface area contributed by atoms with E-state index in [0.717, 1.165) is 57.1 Å². The van der Waals surface area contributed by atoms with Gasteiger partial charge in [0.25, 0.3) is 5.91 Å². The fraction of sp³-hybridized carbons (Fsp3) is 0.381. The predicted molar refractivity (Wildman–Crippen MR) is 105 cm³/mol. The van der Waals surface area contributed by atoms with Gasteiger partial charge in [0, 0.05) is 49.6 Å². The summed E-state index contributed by atoms with van der Waals surface area (Å²) in [6.45, 7) is 5.16. The van der Waals surface area contributed by atoms with Crippen LogP contribution in [0, 0.1) is 0 Å². The molecule has 0 radical (unpaired) electrons. The molecular formula is C21H24N2O2S. The third-order valence-corrected chi connectivity index (χ3v) is 5.90. The Balaban J connectivity index is 1.32. The van der Waals surface area contributed by atoms with Crippen LogP contribution in [-0.2, 0) is 13.0 Å². The van der Waals surface area contributed by atoms with Gasteiger partial charge in [0.05, 0.1) is 6.61 Å². The number of fused-ring (bicyclic) bond motifs is 1. The average molecular weight is 369 g/mol. The lowest BCUT2D eigenvalue weighted by Gasteiger charge is -2.34. The molecular weight excluding hydrogens is 344 g/mol. The Labute approximate surface area is 159 Å². The molecule has 1 fully saturated rings. The number of nitrogens with zero attached hydrogens (tertiary/aromatic N) is 2. The highest BCUT2D eigenvalue weighted by Gasteiger charge is 2.22. The number of piperazine rings is 1. The van der Waals surface area contributed by atoms with Crippen LogP contribution in [0.2, 0.25) is 0 Å². The smallest absolute Gasteiger partial charge is 0.253 e.